The SMILES string of the molecule is Cc1cc(-c2nnc(N[C@H]3CC[C@H](O)C3)o2)nc2c(C(C)(C)C)cc(NCC(F)(F)F)cc12. The summed E-state index contributed by atoms with van der Waals surface area (Å²) in [6, 6.07) is 5.55. The van der Waals surface area contributed by atoms with Crippen LogP contribution in [0.4, 0.5) is 24.9 Å². The summed E-state index contributed by atoms with van der Waals surface area (Å²) >= 11 is 0. The van der Waals surface area contributed by atoms with E-state index in [1.807, 2.05) is 27.7 Å². The molecule has 1 aromatic carbocycles. The lowest BCUT2D eigenvalue weighted by atomic mass is 9.84. The Morgan fingerprint density at radius 1 is 1.12 bits per heavy atom. The van der Waals surface area contributed by atoms with Crippen LogP contribution in [0.1, 0.15) is 51.2 Å². The zero-order chi connectivity index (χ0) is 24.0. The van der Waals surface area contributed by atoms with Crippen molar-refractivity contribution in [3.63, 3.8) is 0 Å². The highest BCUT2D eigenvalue weighted by molar-refractivity contribution is 5.90. The zero-order valence-corrected chi connectivity index (χ0v) is 19.0. The number of nitrogens with zero attached hydrogens (tertiary/aromatic N) is 3. The molecule has 2 heterocycles. The third-order valence-electron chi connectivity index (χ3n) is 5.80. The third kappa shape index (κ3) is 5.38. The quantitative estimate of drug-likeness (QED) is 0.479. The number of benzene rings is 1. The topological polar surface area (TPSA) is 96.1 Å². The fourth-order valence-corrected chi connectivity index (χ4v) is 4.13. The van der Waals surface area contributed by atoms with Crippen LogP contribution in [0.2, 0.25) is 0 Å². The molecule has 10 heteroatoms. The lowest BCUT2D eigenvalue weighted by Crippen LogP contribution is -2.22. The Morgan fingerprint density at radius 3 is 2.52 bits per heavy atom. The molecule has 0 saturated heterocycles. The van der Waals surface area contributed by atoms with Crippen molar-refractivity contribution in [2.45, 2.75) is 70.7 Å². The van der Waals surface area contributed by atoms with Crippen LogP contribution < -0.4 is 10.6 Å². The number of hydrogen-bond donors (Lipinski definition) is 3. The Bertz CT molecular complexity index is 1150. The van der Waals surface area contributed by atoms with Gasteiger partial charge in [-0.2, -0.15) is 13.2 Å². The van der Waals surface area contributed by atoms with Crippen LogP contribution in [-0.4, -0.2) is 45.2 Å². The van der Waals surface area contributed by atoms with Crippen LogP contribution in [-0.2, 0) is 5.41 Å². The Labute approximate surface area is 189 Å². The van der Waals surface area contributed by atoms with Gasteiger partial charge in [-0.15, -0.1) is 5.10 Å². The molecular weight excluding hydrogens is 435 g/mol. The minimum Gasteiger partial charge on any atom is -0.402 e. The molecule has 0 amide bonds. The maximum Gasteiger partial charge on any atom is 0.405 e. The number of fused-ring (bicyclic) bond motifs is 1. The van der Waals surface area contributed by atoms with Gasteiger partial charge in [-0.3, -0.25) is 0 Å². The molecule has 0 spiro atoms. The highest BCUT2D eigenvalue weighted by atomic mass is 19.4. The smallest absolute Gasteiger partial charge is 0.402 e. The van der Waals surface area contributed by atoms with Crippen molar-refractivity contribution in [3.05, 3.63) is 29.3 Å². The fraction of sp³-hybridized carbons (Fsp3) is 0.522. The summed E-state index contributed by atoms with van der Waals surface area (Å²) in [5.41, 5.74) is 2.85. The number of halogens is 3. The zero-order valence-electron chi connectivity index (χ0n) is 19.0. The molecule has 7 nitrogen and oxygen atoms in total. The molecule has 1 aliphatic rings. The van der Waals surface area contributed by atoms with Gasteiger partial charge in [0.25, 0.3) is 5.89 Å². The van der Waals surface area contributed by atoms with E-state index in [0.717, 1.165) is 29.4 Å². The summed E-state index contributed by atoms with van der Waals surface area (Å²) in [5.74, 6) is 0.250. The predicted molar refractivity (Wildman–Crippen MR) is 120 cm³/mol. The Hall–Kier alpha value is -2.88. The number of rotatable bonds is 5. The number of alkyl halides is 3. The Morgan fingerprint density at radius 2 is 1.88 bits per heavy atom. The van der Waals surface area contributed by atoms with E-state index in [4.69, 9.17) is 9.40 Å². The van der Waals surface area contributed by atoms with Gasteiger partial charge in [0.1, 0.15) is 12.2 Å². The molecule has 3 N–H and O–H groups in total. The molecule has 3 aromatic rings. The van der Waals surface area contributed by atoms with Gasteiger partial charge in [0.05, 0.1) is 11.6 Å². The van der Waals surface area contributed by atoms with E-state index in [2.05, 4.69) is 20.8 Å². The maximum absolute atomic E-state index is 12.7. The molecule has 1 fully saturated rings. The monoisotopic (exact) mass is 463 g/mol. The van der Waals surface area contributed by atoms with Gasteiger partial charge < -0.3 is 20.2 Å². The number of aliphatic hydroxyl groups is 1. The molecule has 0 aliphatic heterocycles. The van der Waals surface area contributed by atoms with E-state index in [9.17, 15) is 18.3 Å². The first-order chi connectivity index (χ1) is 15.4. The van der Waals surface area contributed by atoms with Crippen molar-refractivity contribution in [1.82, 2.24) is 15.2 Å². The largest absolute Gasteiger partial charge is 0.405 e. The number of pyridine rings is 1. The average Bonchev–Trinajstić information content (AvgIpc) is 3.34. The molecule has 178 valence electrons. The molecule has 0 bridgehead atoms. The molecule has 4 rings (SSSR count). The number of hydrogen-bond acceptors (Lipinski definition) is 7. The van der Waals surface area contributed by atoms with Gasteiger partial charge in [0, 0.05) is 17.1 Å². The van der Waals surface area contributed by atoms with Crippen LogP contribution in [0, 0.1) is 6.92 Å². The van der Waals surface area contributed by atoms with Crippen LogP contribution in [0.15, 0.2) is 22.6 Å². The normalized spacial score (nSPS) is 19.3. The highest BCUT2D eigenvalue weighted by Crippen LogP contribution is 2.35. The first-order valence-electron chi connectivity index (χ1n) is 10.9. The third-order valence-corrected chi connectivity index (χ3v) is 5.80. The number of aryl methyl sites for hydroxylation is 1. The van der Waals surface area contributed by atoms with Crippen molar-refractivity contribution >= 4 is 22.6 Å². The highest BCUT2D eigenvalue weighted by Gasteiger charge is 2.28. The van der Waals surface area contributed by atoms with E-state index in [-0.39, 0.29) is 29.5 Å². The van der Waals surface area contributed by atoms with E-state index >= 15 is 0 Å². The summed E-state index contributed by atoms with van der Waals surface area (Å²) < 4.78 is 44.0. The minimum absolute atomic E-state index is 0.0784. The van der Waals surface area contributed by atoms with Crippen LogP contribution >= 0.6 is 0 Å². The first kappa shape index (κ1) is 23.3. The molecule has 0 radical (unpaired) electrons. The van der Waals surface area contributed by atoms with E-state index in [1.54, 1.807) is 18.2 Å². The van der Waals surface area contributed by atoms with Crippen LogP contribution in [0.25, 0.3) is 22.5 Å². The second-order valence-electron chi connectivity index (χ2n) is 9.68. The predicted octanol–water partition coefficient (Wildman–Crippen LogP) is 5.19. The van der Waals surface area contributed by atoms with E-state index in [0.29, 0.717) is 23.3 Å². The number of nitrogens with one attached hydrogen (secondary N) is 2. The Kier molecular flexibility index (Phi) is 5.98. The maximum atomic E-state index is 12.7. The fourth-order valence-electron chi connectivity index (χ4n) is 4.13. The van der Waals surface area contributed by atoms with E-state index < -0.39 is 12.7 Å². The molecule has 1 saturated carbocycles. The van der Waals surface area contributed by atoms with Gasteiger partial charge in [0.2, 0.25) is 0 Å². The van der Waals surface area contributed by atoms with Gasteiger partial charge in [-0.25, -0.2) is 4.98 Å². The average molecular weight is 464 g/mol. The van der Waals surface area contributed by atoms with Crippen molar-refractivity contribution in [2.75, 3.05) is 17.2 Å². The molecular formula is C23H28F3N5O2. The van der Waals surface area contributed by atoms with E-state index in [1.165, 1.54) is 0 Å². The second kappa shape index (κ2) is 8.48. The molecule has 33 heavy (non-hydrogen) atoms. The van der Waals surface area contributed by atoms with Gasteiger partial charge in [-0.1, -0.05) is 25.9 Å². The summed E-state index contributed by atoms with van der Waals surface area (Å²) in [5, 5.41) is 24.3. The minimum atomic E-state index is -4.31. The number of aromatic nitrogens is 3. The van der Waals surface area contributed by atoms with Crippen molar-refractivity contribution in [3.8, 4) is 11.6 Å². The van der Waals surface area contributed by atoms with Crippen molar-refractivity contribution in [1.29, 1.82) is 0 Å². The summed E-state index contributed by atoms with van der Waals surface area (Å²) in [6.45, 7) is 6.74. The van der Waals surface area contributed by atoms with Gasteiger partial charge in [0.15, 0.2) is 0 Å². The molecule has 2 atom stereocenters. The Balaban J connectivity index is 1.70. The van der Waals surface area contributed by atoms with Crippen molar-refractivity contribution < 1.29 is 22.7 Å². The summed E-state index contributed by atoms with van der Waals surface area (Å²) in [7, 11) is 0. The molecule has 2 aromatic heterocycles. The summed E-state index contributed by atoms with van der Waals surface area (Å²) in [6.07, 6.45) is -2.44. The van der Waals surface area contributed by atoms with Crippen LogP contribution in [0.5, 0.6) is 0 Å². The lowest BCUT2D eigenvalue weighted by molar-refractivity contribution is -0.115. The lowest BCUT2D eigenvalue weighted by Gasteiger charge is -2.23. The van der Waals surface area contributed by atoms with Crippen molar-refractivity contribution in [2.24, 2.45) is 0 Å². The molecule has 0 unspecified atom stereocenters. The first-order valence-corrected chi connectivity index (χ1v) is 10.9. The second-order valence-corrected chi connectivity index (χ2v) is 9.68. The van der Waals surface area contributed by atoms with Crippen LogP contribution in [0.3, 0.4) is 0 Å². The standard InChI is InChI=1S/C23H28F3N5O2/c1-12-7-18(20-30-31-21(33-20)28-13-5-6-15(32)8-13)29-19-16(12)9-14(27-11-23(24,25)26)10-17(19)22(2,3)4/h7,9-10,13,15,27,32H,5-6,8,11H2,1-4H3,(H,28,31)/t13-,15-/m0/s1. The number of anilines is 2. The number of aliphatic hydroxyl groups excluding tert-OH is 1. The van der Waals surface area contributed by atoms with Gasteiger partial charge >= 0.3 is 12.2 Å². The summed E-state index contributed by atoms with van der Waals surface area (Å²) in [4.78, 5) is 4.77. The molecule has 1 aliphatic carbocycles. The van der Waals surface area contributed by atoms with Gasteiger partial charge in [-0.05, 0) is 60.9 Å².